The van der Waals surface area contributed by atoms with Crippen molar-refractivity contribution in [2.24, 2.45) is 0 Å². The molecule has 0 saturated heterocycles. The Balaban J connectivity index is 2.34. The number of rotatable bonds is 9. The van der Waals surface area contributed by atoms with Crippen LogP contribution < -0.4 is 5.32 Å². The van der Waals surface area contributed by atoms with Crippen molar-refractivity contribution in [1.29, 1.82) is 0 Å². The van der Waals surface area contributed by atoms with Crippen LogP contribution in [0.2, 0.25) is 0 Å². The van der Waals surface area contributed by atoms with Crippen LogP contribution in [0.25, 0.3) is 0 Å². The van der Waals surface area contributed by atoms with Crippen LogP contribution in [0.3, 0.4) is 0 Å². The van der Waals surface area contributed by atoms with Gasteiger partial charge in [0.2, 0.25) is 0 Å². The van der Waals surface area contributed by atoms with Crippen molar-refractivity contribution in [3.05, 3.63) is 35.4 Å². The molecule has 0 aliphatic carbocycles. The van der Waals surface area contributed by atoms with E-state index in [4.69, 9.17) is 5.11 Å². The van der Waals surface area contributed by atoms with E-state index in [9.17, 15) is 18.3 Å². The zero-order valence-corrected chi connectivity index (χ0v) is 12.4. The topological polar surface area (TPSA) is 52.5 Å². The molecule has 0 spiro atoms. The van der Waals surface area contributed by atoms with E-state index < -0.39 is 17.8 Å². The molecule has 1 atom stereocenters. The van der Waals surface area contributed by atoms with E-state index in [0.29, 0.717) is 6.54 Å². The quantitative estimate of drug-likeness (QED) is 0.611. The van der Waals surface area contributed by atoms with Gasteiger partial charge >= 0.3 is 6.18 Å². The van der Waals surface area contributed by atoms with Gasteiger partial charge in [0.25, 0.3) is 0 Å². The average Bonchev–Trinajstić information content (AvgIpc) is 2.45. The number of thioether (sulfide) groups is 1. The predicted molar refractivity (Wildman–Crippen MR) is 78.3 cm³/mol. The summed E-state index contributed by atoms with van der Waals surface area (Å²) in [6.45, 7) is 1.04. The van der Waals surface area contributed by atoms with Gasteiger partial charge in [0.1, 0.15) is 0 Å². The van der Waals surface area contributed by atoms with Crippen molar-refractivity contribution >= 4 is 11.8 Å². The van der Waals surface area contributed by atoms with Crippen LogP contribution in [0, 0.1) is 0 Å². The molecule has 1 unspecified atom stereocenters. The Morgan fingerprint density at radius 2 is 2.00 bits per heavy atom. The molecule has 0 aliphatic heterocycles. The van der Waals surface area contributed by atoms with Crippen LogP contribution in [-0.2, 0) is 6.18 Å². The lowest BCUT2D eigenvalue weighted by Crippen LogP contribution is -2.24. The summed E-state index contributed by atoms with van der Waals surface area (Å²) in [7, 11) is 0. The van der Waals surface area contributed by atoms with Crippen LogP contribution >= 0.6 is 11.8 Å². The normalized spacial score (nSPS) is 13.4. The van der Waals surface area contributed by atoms with Gasteiger partial charge in [-0.15, -0.1) is 0 Å². The highest BCUT2D eigenvalue weighted by molar-refractivity contribution is 7.99. The smallest absolute Gasteiger partial charge is 0.396 e. The third kappa shape index (κ3) is 7.17. The third-order valence-corrected chi connectivity index (χ3v) is 3.88. The summed E-state index contributed by atoms with van der Waals surface area (Å²) >= 11 is 1.68. The molecule has 0 saturated carbocycles. The Hall–Kier alpha value is -0.760. The molecule has 1 rings (SSSR count). The molecule has 0 aromatic heterocycles. The second-order valence-corrected chi connectivity index (χ2v) is 5.76. The van der Waals surface area contributed by atoms with Crippen LogP contribution in [0.5, 0.6) is 0 Å². The SMILES string of the molecule is OCCCSCCNCC(O)c1cccc(C(F)(F)F)c1. The van der Waals surface area contributed by atoms with E-state index in [1.807, 2.05) is 0 Å². The fraction of sp³-hybridized carbons (Fsp3) is 0.571. The lowest BCUT2D eigenvalue weighted by Gasteiger charge is -2.14. The van der Waals surface area contributed by atoms with Crippen molar-refractivity contribution in [2.45, 2.75) is 18.7 Å². The fourth-order valence-corrected chi connectivity index (χ4v) is 2.52. The minimum Gasteiger partial charge on any atom is -0.396 e. The first-order valence-electron chi connectivity index (χ1n) is 6.69. The van der Waals surface area contributed by atoms with Crippen molar-refractivity contribution < 1.29 is 23.4 Å². The predicted octanol–water partition coefficient (Wildman–Crippen LogP) is 2.44. The van der Waals surface area contributed by atoms with E-state index in [1.165, 1.54) is 12.1 Å². The molecule has 1 aromatic carbocycles. The number of hydrogen-bond acceptors (Lipinski definition) is 4. The third-order valence-electron chi connectivity index (χ3n) is 2.81. The average molecular weight is 323 g/mol. The zero-order chi connectivity index (χ0) is 15.7. The highest BCUT2D eigenvalue weighted by Crippen LogP contribution is 2.30. The highest BCUT2D eigenvalue weighted by Gasteiger charge is 2.30. The van der Waals surface area contributed by atoms with Gasteiger partial charge in [-0.05, 0) is 29.9 Å². The molecular formula is C14H20F3NO2S. The minimum absolute atomic E-state index is 0.175. The first-order chi connectivity index (χ1) is 9.95. The number of nitrogens with one attached hydrogen (secondary N) is 1. The number of aliphatic hydroxyl groups is 2. The molecule has 0 radical (unpaired) electrons. The fourth-order valence-electron chi connectivity index (χ4n) is 1.69. The molecule has 1 aromatic rings. The number of aliphatic hydroxyl groups excluding tert-OH is 2. The number of hydrogen-bond donors (Lipinski definition) is 3. The van der Waals surface area contributed by atoms with Gasteiger partial charge in [-0.2, -0.15) is 24.9 Å². The lowest BCUT2D eigenvalue weighted by molar-refractivity contribution is -0.137. The second kappa shape index (κ2) is 9.30. The van der Waals surface area contributed by atoms with E-state index >= 15 is 0 Å². The summed E-state index contributed by atoms with van der Waals surface area (Å²) < 4.78 is 37.7. The Morgan fingerprint density at radius 1 is 1.24 bits per heavy atom. The molecular weight excluding hydrogens is 303 g/mol. The van der Waals surface area contributed by atoms with Gasteiger partial charge in [0, 0.05) is 25.4 Å². The van der Waals surface area contributed by atoms with Gasteiger partial charge in [-0.1, -0.05) is 12.1 Å². The summed E-state index contributed by atoms with van der Waals surface area (Å²) in [6.07, 6.45) is -4.61. The molecule has 3 N–H and O–H groups in total. The minimum atomic E-state index is -4.40. The van der Waals surface area contributed by atoms with Crippen LogP contribution in [0.4, 0.5) is 13.2 Å². The van der Waals surface area contributed by atoms with Crippen LogP contribution in [-0.4, -0.2) is 41.4 Å². The van der Waals surface area contributed by atoms with E-state index in [0.717, 1.165) is 30.1 Å². The standard InChI is InChI=1S/C14H20F3NO2S/c15-14(16,17)12-4-1-3-11(9-12)13(20)10-18-5-8-21-7-2-6-19/h1,3-4,9,13,18-20H,2,5-8,10H2. The number of alkyl halides is 3. The van der Waals surface area contributed by atoms with E-state index in [-0.39, 0.29) is 18.7 Å². The number of halogens is 3. The Kier molecular flexibility index (Phi) is 8.10. The van der Waals surface area contributed by atoms with Crippen molar-refractivity contribution in [2.75, 3.05) is 31.2 Å². The molecule has 7 heteroatoms. The van der Waals surface area contributed by atoms with E-state index in [1.54, 1.807) is 11.8 Å². The Bertz CT molecular complexity index is 415. The van der Waals surface area contributed by atoms with E-state index in [2.05, 4.69) is 5.32 Å². The highest BCUT2D eigenvalue weighted by atomic mass is 32.2. The summed E-state index contributed by atoms with van der Waals surface area (Å²) in [4.78, 5) is 0. The van der Waals surface area contributed by atoms with Gasteiger partial charge in [-0.25, -0.2) is 0 Å². The van der Waals surface area contributed by atoms with Crippen molar-refractivity contribution in [3.63, 3.8) is 0 Å². The molecule has 0 aliphatic rings. The number of benzene rings is 1. The maximum atomic E-state index is 12.6. The summed E-state index contributed by atoms with van der Waals surface area (Å²) in [5, 5.41) is 21.5. The maximum Gasteiger partial charge on any atom is 0.416 e. The summed E-state index contributed by atoms with van der Waals surface area (Å²) in [5.74, 6) is 1.70. The molecule has 0 bridgehead atoms. The molecule has 120 valence electrons. The van der Waals surface area contributed by atoms with Gasteiger partial charge in [-0.3, -0.25) is 0 Å². The largest absolute Gasteiger partial charge is 0.416 e. The summed E-state index contributed by atoms with van der Waals surface area (Å²) in [6, 6.07) is 4.74. The molecule has 3 nitrogen and oxygen atoms in total. The molecule has 0 amide bonds. The second-order valence-electron chi connectivity index (χ2n) is 4.53. The van der Waals surface area contributed by atoms with Gasteiger partial charge in [0.05, 0.1) is 11.7 Å². The first-order valence-corrected chi connectivity index (χ1v) is 7.85. The van der Waals surface area contributed by atoms with Gasteiger partial charge < -0.3 is 15.5 Å². The molecule has 0 heterocycles. The van der Waals surface area contributed by atoms with Crippen molar-refractivity contribution in [1.82, 2.24) is 5.32 Å². The first kappa shape index (κ1) is 18.3. The van der Waals surface area contributed by atoms with Gasteiger partial charge in [0.15, 0.2) is 0 Å². The molecule has 21 heavy (non-hydrogen) atoms. The van der Waals surface area contributed by atoms with Crippen LogP contribution in [0.15, 0.2) is 24.3 Å². The molecule has 0 fully saturated rings. The summed E-state index contributed by atoms with van der Waals surface area (Å²) in [5.41, 5.74) is -0.496. The Morgan fingerprint density at radius 3 is 2.67 bits per heavy atom. The lowest BCUT2D eigenvalue weighted by atomic mass is 10.1. The zero-order valence-electron chi connectivity index (χ0n) is 11.6. The maximum absolute atomic E-state index is 12.6. The van der Waals surface area contributed by atoms with Crippen molar-refractivity contribution in [3.8, 4) is 0 Å². The monoisotopic (exact) mass is 323 g/mol. The Labute approximate surface area is 126 Å². The van der Waals surface area contributed by atoms with Crippen LogP contribution in [0.1, 0.15) is 23.7 Å².